The van der Waals surface area contributed by atoms with Gasteiger partial charge in [0.1, 0.15) is 11.6 Å². The summed E-state index contributed by atoms with van der Waals surface area (Å²) in [7, 11) is -3.63. The quantitative estimate of drug-likeness (QED) is 0.213. The molecule has 44 heavy (non-hydrogen) atoms. The molecule has 0 N–H and O–H groups in total. The van der Waals surface area contributed by atoms with Crippen LogP contribution in [0.1, 0.15) is 106 Å². The molecule has 6 rings (SSSR count). The van der Waals surface area contributed by atoms with Crippen molar-refractivity contribution >= 4 is 28.2 Å². The molecule has 0 unspecified atom stereocenters. The van der Waals surface area contributed by atoms with Crippen LogP contribution < -0.4 is 0 Å². The molecule has 2 spiro atoms. The van der Waals surface area contributed by atoms with E-state index in [0.29, 0.717) is 62.3 Å². The number of carbonyl (C=O) groups is 2. The number of hydrogen-bond donors (Lipinski definition) is 0. The minimum absolute atomic E-state index is 0.186. The maximum atomic E-state index is 12.4. The number of carbonyl (C=O) groups excluding carboxylic acids is 2. The van der Waals surface area contributed by atoms with Crippen molar-refractivity contribution in [1.82, 2.24) is 0 Å². The summed E-state index contributed by atoms with van der Waals surface area (Å²) in [5.41, 5.74) is -1.18. The number of rotatable bonds is 6. The topological polar surface area (TPSA) is 71.1 Å². The summed E-state index contributed by atoms with van der Waals surface area (Å²) in [6.45, 7) is 23.8. The van der Waals surface area contributed by atoms with Gasteiger partial charge in [0.15, 0.2) is 16.6 Å². The lowest BCUT2D eigenvalue weighted by Crippen LogP contribution is -2.51. The summed E-state index contributed by atoms with van der Waals surface area (Å²) in [6.07, 6.45) is 17.3. The molecule has 4 bridgehead atoms. The van der Waals surface area contributed by atoms with Crippen molar-refractivity contribution in [1.29, 1.82) is 0 Å². The molecule has 4 heterocycles. The Hall–Kier alpha value is -0.906. The summed E-state index contributed by atoms with van der Waals surface area (Å²) in [5, 5.41) is 0.372. The predicted octanol–water partition coefficient (Wildman–Crippen LogP) is 8.47. The third kappa shape index (κ3) is 6.46. The highest BCUT2D eigenvalue weighted by Crippen LogP contribution is 2.56. The highest BCUT2D eigenvalue weighted by molar-refractivity contribution is 6.74. The molecular formula is C36H60O6Si2. The monoisotopic (exact) mass is 644 g/mol. The van der Waals surface area contributed by atoms with E-state index in [-0.39, 0.29) is 32.5 Å². The SMILES string of the molecule is CC(C)(C)[Si](C)(C)OC[C@@]12CC(=O)C[C@]3(CCC=C[C@@H]3C1)O2.CC(C)(C)[Si](C)(C)OC[C@]12CC(=O)C[C@@]3(CCC=C[C@H]3C1)O2. The molecule has 6 nitrogen and oxygen atoms in total. The molecule has 4 aliphatic heterocycles. The molecule has 6 atom stereocenters. The lowest BCUT2D eigenvalue weighted by molar-refractivity contribution is -0.174. The van der Waals surface area contributed by atoms with Gasteiger partial charge in [-0.05, 0) is 74.8 Å². The molecule has 0 amide bonds. The van der Waals surface area contributed by atoms with Crippen molar-refractivity contribution in [2.75, 3.05) is 13.2 Å². The largest absolute Gasteiger partial charge is 0.414 e. The van der Waals surface area contributed by atoms with Crippen LogP contribution in [0.5, 0.6) is 0 Å². The van der Waals surface area contributed by atoms with Crippen molar-refractivity contribution in [2.24, 2.45) is 11.8 Å². The molecule has 248 valence electrons. The van der Waals surface area contributed by atoms with Gasteiger partial charge < -0.3 is 18.3 Å². The van der Waals surface area contributed by atoms with E-state index >= 15 is 0 Å². The highest BCUT2D eigenvalue weighted by Gasteiger charge is 2.62. The highest BCUT2D eigenvalue weighted by atomic mass is 28.4. The van der Waals surface area contributed by atoms with Crippen LogP contribution in [0.25, 0.3) is 0 Å². The maximum absolute atomic E-state index is 12.4. The lowest BCUT2D eigenvalue weighted by atomic mass is 9.77. The Balaban J connectivity index is 0.000000175. The molecule has 4 saturated heterocycles. The van der Waals surface area contributed by atoms with Gasteiger partial charge in [0.2, 0.25) is 0 Å². The van der Waals surface area contributed by atoms with Gasteiger partial charge in [-0.1, -0.05) is 65.8 Å². The van der Waals surface area contributed by atoms with Gasteiger partial charge in [0.25, 0.3) is 0 Å². The number of ketones is 2. The first kappa shape index (κ1) is 34.4. The Bertz CT molecular complexity index is 1100. The van der Waals surface area contributed by atoms with Gasteiger partial charge in [-0.25, -0.2) is 0 Å². The number of hydrogen-bond acceptors (Lipinski definition) is 6. The van der Waals surface area contributed by atoms with Gasteiger partial charge >= 0.3 is 0 Å². The van der Waals surface area contributed by atoms with E-state index in [2.05, 4.69) is 92.0 Å². The first-order valence-electron chi connectivity index (χ1n) is 17.2. The maximum Gasteiger partial charge on any atom is 0.192 e. The van der Waals surface area contributed by atoms with Crippen molar-refractivity contribution < 1.29 is 27.9 Å². The summed E-state index contributed by atoms with van der Waals surface area (Å²) in [5.74, 6) is 1.53. The zero-order valence-corrected chi connectivity index (χ0v) is 31.4. The number of Topliss-reactive ketones (excluding diaryl/α,β-unsaturated/α-hetero) is 2. The second-order valence-corrected chi connectivity index (χ2v) is 27.8. The van der Waals surface area contributed by atoms with Crippen molar-refractivity contribution in [3.8, 4) is 0 Å². The third-order valence-electron chi connectivity index (χ3n) is 12.6. The van der Waals surface area contributed by atoms with E-state index in [0.717, 1.165) is 38.5 Å². The van der Waals surface area contributed by atoms with Crippen LogP contribution in [0.2, 0.25) is 36.3 Å². The van der Waals surface area contributed by atoms with Crippen LogP contribution in [0.3, 0.4) is 0 Å². The molecule has 4 fully saturated rings. The first-order chi connectivity index (χ1) is 20.2. The van der Waals surface area contributed by atoms with E-state index in [4.69, 9.17) is 18.3 Å². The Morgan fingerprint density at radius 3 is 1.39 bits per heavy atom. The molecule has 0 radical (unpaired) electrons. The molecule has 0 aromatic rings. The minimum atomic E-state index is -1.82. The van der Waals surface area contributed by atoms with Crippen molar-refractivity contribution in [2.45, 2.75) is 164 Å². The number of fused-ring (bicyclic) bond motifs is 2. The summed E-state index contributed by atoms with van der Waals surface area (Å²) in [4.78, 5) is 24.7. The Labute approximate surface area is 269 Å². The van der Waals surface area contributed by atoms with Crippen LogP contribution in [0.4, 0.5) is 0 Å². The second-order valence-electron chi connectivity index (χ2n) is 18.1. The fraction of sp³-hybridized carbons (Fsp3) is 0.833. The molecular weight excluding hydrogens is 585 g/mol. The van der Waals surface area contributed by atoms with Gasteiger partial charge in [-0.2, -0.15) is 0 Å². The fourth-order valence-corrected chi connectivity index (χ4v) is 10.1. The lowest BCUT2D eigenvalue weighted by Gasteiger charge is -2.43. The van der Waals surface area contributed by atoms with Gasteiger partial charge in [0, 0.05) is 37.5 Å². The van der Waals surface area contributed by atoms with Gasteiger partial charge in [-0.3, -0.25) is 9.59 Å². The Morgan fingerprint density at radius 1 is 0.682 bits per heavy atom. The third-order valence-corrected chi connectivity index (χ3v) is 21.6. The summed E-state index contributed by atoms with van der Waals surface area (Å²) < 4.78 is 26.0. The van der Waals surface area contributed by atoms with Crippen molar-refractivity contribution in [3.63, 3.8) is 0 Å². The molecule has 2 aliphatic carbocycles. The summed E-state index contributed by atoms with van der Waals surface area (Å²) in [6, 6.07) is 0. The standard InChI is InChI=1S/2C18H30O3Si/c2*1-16(2,3)22(4,5)20-13-17-10-14-8-6-7-9-18(14,21-17)12-15(19)11-17/h2*6,8,14H,7,9-13H2,1-5H3/t2*14-,17+,18+/m10/s1. The smallest absolute Gasteiger partial charge is 0.192 e. The molecule has 0 saturated carbocycles. The van der Waals surface area contributed by atoms with E-state index in [1.807, 2.05) is 0 Å². The van der Waals surface area contributed by atoms with Crippen LogP contribution in [-0.4, -0.2) is 63.8 Å². The average molecular weight is 645 g/mol. The zero-order chi connectivity index (χ0) is 32.5. The second kappa shape index (κ2) is 11.4. The molecule has 8 heteroatoms. The number of allylic oxidation sites excluding steroid dienone is 2. The van der Waals surface area contributed by atoms with Crippen LogP contribution >= 0.6 is 0 Å². The summed E-state index contributed by atoms with van der Waals surface area (Å²) >= 11 is 0. The van der Waals surface area contributed by atoms with Gasteiger partial charge in [-0.15, -0.1) is 0 Å². The average Bonchev–Trinajstić information content (AvgIpc) is 3.28. The van der Waals surface area contributed by atoms with E-state index in [9.17, 15) is 9.59 Å². The number of ether oxygens (including phenoxy) is 2. The van der Waals surface area contributed by atoms with Crippen molar-refractivity contribution in [3.05, 3.63) is 24.3 Å². The zero-order valence-electron chi connectivity index (χ0n) is 29.4. The normalized spacial score (nSPS) is 38.2. The van der Waals surface area contributed by atoms with E-state index in [1.54, 1.807) is 0 Å². The first-order valence-corrected chi connectivity index (χ1v) is 23.0. The Morgan fingerprint density at radius 2 is 1.05 bits per heavy atom. The molecule has 0 aromatic heterocycles. The van der Waals surface area contributed by atoms with Crippen LogP contribution in [0.15, 0.2) is 24.3 Å². The molecule has 0 aromatic carbocycles. The molecule has 6 aliphatic rings. The Kier molecular flexibility index (Phi) is 8.89. The van der Waals surface area contributed by atoms with Crippen LogP contribution in [-0.2, 0) is 27.9 Å². The fourth-order valence-electron chi connectivity index (χ4n) is 7.98. The predicted molar refractivity (Wildman–Crippen MR) is 181 cm³/mol. The minimum Gasteiger partial charge on any atom is -0.414 e. The van der Waals surface area contributed by atoms with E-state index < -0.39 is 16.6 Å². The van der Waals surface area contributed by atoms with E-state index in [1.165, 1.54) is 0 Å². The van der Waals surface area contributed by atoms with Crippen LogP contribution in [0, 0.1) is 11.8 Å². The van der Waals surface area contributed by atoms with Gasteiger partial charge in [0.05, 0.1) is 35.6 Å².